The van der Waals surface area contributed by atoms with Gasteiger partial charge in [0.15, 0.2) is 5.78 Å². The Hall–Kier alpha value is -2.17. The molecule has 1 aliphatic rings. The second-order valence-electron chi connectivity index (χ2n) is 3.68. The van der Waals surface area contributed by atoms with E-state index in [2.05, 4.69) is 5.10 Å². The van der Waals surface area contributed by atoms with Gasteiger partial charge in [-0.1, -0.05) is 0 Å². The van der Waals surface area contributed by atoms with E-state index in [9.17, 15) is 9.59 Å². The van der Waals surface area contributed by atoms with Gasteiger partial charge in [-0.15, -0.1) is 0 Å². The Morgan fingerprint density at radius 1 is 1.35 bits per heavy atom. The summed E-state index contributed by atoms with van der Waals surface area (Å²) in [4.78, 5) is 22.8. The Kier molecular flexibility index (Phi) is 2.91. The summed E-state index contributed by atoms with van der Waals surface area (Å²) in [5.74, 6) is 0.339. The Labute approximate surface area is 98.7 Å². The molecule has 17 heavy (non-hydrogen) atoms. The van der Waals surface area contributed by atoms with Crippen molar-refractivity contribution < 1.29 is 14.3 Å². The fourth-order valence-corrected chi connectivity index (χ4v) is 1.55. The first-order valence-electron chi connectivity index (χ1n) is 5.17. The third-order valence-electron chi connectivity index (χ3n) is 2.50. The van der Waals surface area contributed by atoms with Gasteiger partial charge in [0.1, 0.15) is 11.5 Å². The minimum absolute atomic E-state index is 0.0708. The Bertz CT molecular complexity index is 491. The maximum atomic E-state index is 11.7. The number of hydrazone groups is 1. The van der Waals surface area contributed by atoms with Crippen LogP contribution in [-0.4, -0.2) is 24.5 Å². The molecule has 0 atom stereocenters. The van der Waals surface area contributed by atoms with Crippen molar-refractivity contribution in [3.05, 3.63) is 24.3 Å². The first kappa shape index (κ1) is 11.3. The van der Waals surface area contributed by atoms with Crippen molar-refractivity contribution in [2.45, 2.75) is 13.3 Å². The highest BCUT2D eigenvalue weighted by atomic mass is 16.5. The molecule has 0 saturated carbocycles. The van der Waals surface area contributed by atoms with Crippen molar-refractivity contribution in [2.24, 2.45) is 5.10 Å². The quantitative estimate of drug-likeness (QED) is 0.791. The van der Waals surface area contributed by atoms with Crippen LogP contribution in [0.4, 0.5) is 5.69 Å². The highest BCUT2D eigenvalue weighted by Crippen LogP contribution is 2.23. The van der Waals surface area contributed by atoms with E-state index >= 15 is 0 Å². The van der Waals surface area contributed by atoms with Gasteiger partial charge in [0, 0.05) is 6.92 Å². The number of carbonyl (C=O) groups excluding carboxylic acids is 2. The number of nitrogens with zero attached hydrogens (tertiary/aromatic N) is 2. The van der Waals surface area contributed by atoms with Crippen molar-refractivity contribution >= 4 is 23.1 Å². The number of carbonyl (C=O) groups is 2. The molecule has 0 bridgehead atoms. The number of benzene rings is 1. The smallest absolute Gasteiger partial charge is 0.253 e. The number of ketones is 1. The summed E-state index contributed by atoms with van der Waals surface area (Å²) in [6.45, 7) is 1.41. The Morgan fingerprint density at radius 2 is 2.00 bits per heavy atom. The van der Waals surface area contributed by atoms with E-state index in [1.165, 1.54) is 11.9 Å². The van der Waals surface area contributed by atoms with Gasteiger partial charge in [-0.05, 0) is 24.3 Å². The molecule has 5 nitrogen and oxygen atoms in total. The van der Waals surface area contributed by atoms with E-state index in [4.69, 9.17) is 4.74 Å². The van der Waals surface area contributed by atoms with Crippen LogP contribution in [0.1, 0.15) is 13.3 Å². The van der Waals surface area contributed by atoms with E-state index < -0.39 is 0 Å². The van der Waals surface area contributed by atoms with Crippen molar-refractivity contribution in [3.8, 4) is 5.75 Å². The van der Waals surface area contributed by atoms with Gasteiger partial charge in [0.25, 0.3) is 5.91 Å². The standard InChI is InChI=1S/C12H12N2O3/c1-8(15)11-7-12(16)14(13-11)9-3-5-10(17-2)6-4-9/h3-6H,7H2,1-2H3. The number of methoxy groups -OCH3 is 1. The predicted molar refractivity (Wildman–Crippen MR) is 63.2 cm³/mol. The average Bonchev–Trinajstić information content (AvgIpc) is 2.72. The fourth-order valence-electron chi connectivity index (χ4n) is 1.55. The molecule has 1 heterocycles. The van der Waals surface area contributed by atoms with E-state index in [0.717, 1.165) is 0 Å². The zero-order valence-electron chi connectivity index (χ0n) is 9.64. The molecule has 0 spiro atoms. The van der Waals surface area contributed by atoms with E-state index in [1.54, 1.807) is 31.4 Å². The monoisotopic (exact) mass is 232 g/mol. The molecular formula is C12H12N2O3. The molecule has 0 fully saturated rings. The molecule has 0 unspecified atom stereocenters. The molecule has 0 aromatic heterocycles. The van der Waals surface area contributed by atoms with Crippen LogP contribution in [0.2, 0.25) is 0 Å². The van der Waals surface area contributed by atoms with Crippen molar-refractivity contribution in [1.82, 2.24) is 0 Å². The average molecular weight is 232 g/mol. The molecule has 1 amide bonds. The minimum Gasteiger partial charge on any atom is -0.497 e. The Balaban J connectivity index is 2.27. The maximum absolute atomic E-state index is 11.7. The van der Waals surface area contributed by atoms with Crippen LogP contribution in [0.5, 0.6) is 5.75 Å². The van der Waals surface area contributed by atoms with Gasteiger partial charge >= 0.3 is 0 Å². The Morgan fingerprint density at radius 3 is 2.47 bits per heavy atom. The van der Waals surface area contributed by atoms with Gasteiger partial charge in [-0.3, -0.25) is 9.59 Å². The minimum atomic E-state index is -0.194. The van der Waals surface area contributed by atoms with Crippen molar-refractivity contribution in [1.29, 1.82) is 0 Å². The lowest BCUT2D eigenvalue weighted by Crippen LogP contribution is -2.19. The lowest BCUT2D eigenvalue weighted by molar-refractivity contribution is -0.117. The van der Waals surface area contributed by atoms with Gasteiger partial charge in [0.05, 0.1) is 19.2 Å². The van der Waals surface area contributed by atoms with Crippen LogP contribution < -0.4 is 9.75 Å². The third-order valence-corrected chi connectivity index (χ3v) is 2.50. The van der Waals surface area contributed by atoms with Gasteiger partial charge in [0.2, 0.25) is 0 Å². The normalized spacial score (nSPS) is 14.8. The van der Waals surface area contributed by atoms with Gasteiger partial charge < -0.3 is 4.74 Å². The number of Topliss-reactive ketones (excluding diaryl/α,β-unsaturated/α-hetero) is 1. The first-order chi connectivity index (χ1) is 8.11. The summed E-state index contributed by atoms with van der Waals surface area (Å²) in [7, 11) is 1.57. The molecule has 1 aliphatic heterocycles. The predicted octanol–water partition coefficient (Wildman–Crippen LogP) is 1.38. The largest absolute Gasteiger partial charge is 0.497 e. The summed E-state index contributed by atoms with van der Waals surface area (Å²) >= 11 is 0. The van der Waals surface area contributed by atoms with E-state index in [0.29, 0.717) is 17.1 Å². The zero-order chi connectivity index (χ0) is 12.4. The van der Waals surface area contributed by atoms with Crippen LogP contribution in [0.25, 0.3) is 0 Å². The SMILES string of the molecule is COc1ccc(N2N=C(C(C)=O)CC2=O)cc1. The summed E-state index contributed by atoms with van der Waals surface area (Å²) in [6, 6.07) is 6.93. The summed E-state index contributed by atoms with van der Waals surface area (Å²) in [5, 5.41) is 5.25. The molecule has 88 valence electrons. The lowest BCUT2D eigenvalue weighted by Gasteiger charge is -2.11. The molecule has 5 heteroatoms. The second-order valence-corrected chi connectivity index (χ2v) is 3.68. The molecular weight excluding hydrogens is 220 g/mol. The van der Waals surface area contributed by atoms with Crippen LogP contribution >= 0.6 is 0 Å². The lowest BCUT2D eigenvalue weighted by atomic mass is 10.2. The molecule has 0 saturated heterocycles. The fraction of sp³-hybridized carbons (Fsp3) is 0.250. The van der Waals surface area contributed by atoms with Crippen LogP contribution in [0.15, 0.2) is 29.4 Å². The number of amides is 1. The van der Waals surface area contributed by atoms with Crippen LogP contribution in [0, 0.1) is 0 Å². The van der Waals surface area contributed by atoms with Crippen LogP contribution in [-0.2, 0) is 9.59 Å². The maximum Gasteiger partial charge on any atom is 0.253 e. The summed E-state index contributed by atoms with van der Waals surface area (Å²) in [5.41, 5.74) is 0.929. The summed E-state index contributed by atoms with van der Waals surface area (Å²) < 4.78 is 5.02. The van der Waals surface area contributed by atoms with Crippen molar-refractivity contribution in [3.63, 3.8) is 0 Å². The van der Waals surface area contributed by atoms with Gasteiger partial charge in [-0.25, -0.2) is 5.01 Å². The molecule has 0 N–H and O–H groups in total. The van der Waals surface area contributed by atoms with Gasteiger partial charge in [-0.2, -0.15) is 5.10 Å². The van der Waals surface area contributed by atoms with Crippen molar-refractivity contribution in [2.75, 3.05) is 12.1 Å². The van der Waals surface area contributed by atoms with Crippen LogP contribution in [0.3, 0.4) is 0 Å². The third kappa shape index (κ3) is 2.18. The molecule has 2 rings (SSSR count). The molecule has 1 aromatic rings. The number of rotatable bonds is 3. The zero-order valence-corrected chi connectivity index (χ0v) is 9.64. The number of ether oxygens (including phenoxy) is 1. The van der Waals surface area contributed by atoms with E-state index in [1.807, 2.05) is 0 Å². The first-order valence-corrected chi connectivity index (χ1v) is 5.17. The summed E-state index contributed by atoms with van der Waals surface area (Å²) in [6.07, 6.45) is 0.0708. The van der Waals surface area contributed by atoms with E-state index in [-0.39, 0.29) is 18.1 Å². The number of anilines is 1. The topological polar surface area (TPSA) is 59.0 Å². The highest BCUT2D eigenvalue weighted by Gasteiger charge is 2.27. The second kappa shape index (κ2) is 4.37. The molecule has 0 radical (unpaired) electrons. The number of hydrogen-bond acceptors (Lipinski definition) is 4. The molecule has 1 aromatic carbocycles. The number of hydrogen-bond donors (Lipinski definition) is 0. The molecule has 0 aliphatic carbocycles. The highest BCUT2D eigenvalue weighted by molar-refractivity contribution is 6.44.